The number of aliphatic carboxylic acids is 1. The Morgan fingerprint density at radius 2 is 1.40 bits per heavy atom. The average molecular weight is 289 g/mol. The number of rotatable bonds is 13. The molecule has 0 atom stereocenters. The molecule has 0 aliphatic heterocycles. The summed E-state index contributed by atoms with van der Waals surface area (Å²) < 4.78 is 10.7. The highest BCUT2D eigenvalue weighted by Crippen LogP contribution is 1.99. The highest BCUT2D eigenvalue weighted by molar-refractivity contribution is 5.80. The second kappa shape index (κ2) is 12.9. The molecule has 6 heteroatoms. The molecular formula is C14H27NO5. The number of carbonyl (C=O) groups is 2. The van der Waals surface area contributed by atoms with Crippen LogP contribution in [0.25, 0.3) is 0 Å². The maximum Gasteiger partial charge on any atom is 0.303 e. The molecule has 0 aromatic heterocycles. The Bertz CT molecular complexity index is 258. The van der Waals surface area contributed by atoms with Crippen LogP contribution >= 0.6 is 0 Å². The lowest BCUT2D eigenvalue weighted by molar-refractivity contribution is -0.141. The fourth-order valence-electron chi connectivity index (χ4n) is 1.58. The predicted molar refractivity (Wildman–Crippen MR) is 75.7 cm³/mol. The van der Waals surface area contributed by atoms with Gasteiger partial charge >= 0.3 is 5.97 Å². The zero-order chi connectivity index (χ0) is 15.2. The zero-order valence-electron chi connectivity index (χ0n) is 12.6. The molecule has 1 amide bonds. The highest BCUT2D eigenvalue weighted by atomic mass is 16.5. The van der Waals surface area contributed by atoms with Crippen LogP contribution in [0.2, 0.25) is 0 Å². The number of carboxylic acid groups (broad SMARTS) is 1. The summed E-state index contributed by atoms with van der Waals surface area (Å²) in [6.07, 6.45) is 1.76. The molecule has 0 rings (SSSR count). The van der Waals surface area contributed by atoms with Crippen molar-refractivity contribution in [3.05, 3.63) is 0 Å². The van der Waals surface area contributed by atoms with Crippen LogP contribution in [-0.2, 0) is 19.1 Å². The van der Waals surface area contributed by atoms with Crippen LogP contribution in [0.5, 0.6) is 0 Å². The van der Waals surface area contributed by atoms with E-state index in [1.807, 2.05) is 13.8 Å². The van der Waals surface area contributed by atoms with Crippen LogP contribution in [0.3, 0.4) is 0 Å². The van der Waals surface area contributed by atoms with Crippen molar-refractivity contribution in [1.82, 2.24) is 4.90 Å². The summed E-state index contributed by atoms with van der Waals surface area (Å²) in [5.74, 6) is -1.12. The molecule has 0 radical (unpaired) electrons. The second-order valence-electron chi connectivity index (χ2n) is 4.50. The van der Waals surface area contributed by atoms with Crippen molar-refractivity contribution in [2.75, 3.05) is 39.5 Å². The molecule has 0 unspecified atom stereocenters. The van der Waals surface area contributed by atoms with Gasteiger partial charge in [-0.1, -0.05) is 13.8 Å². The molecule has 0 aromatic carbocycles. The number of hydrogen-bond acceptors (Lipinski definition) is 4. The van der Waals surface area contributed by atoms with Crippen LogP contribution in [0.1, 0.15) is 39.5 Å². The molecule has 0 fully saturated rings. The van der Waals surface area contributed by atoms with Gasteiger partial charge in [0, 0.05) is 32.7 Å². The number of nitrogens with zero attached hydrogens (tertiary/aromatic N) is 1. The summed E-state index contributed by atoms with van der Waals surface area (Å²) >= 11 is 0. The molecular weight excluding hydrogens is 262 g/mol. The Hall–Kier alpha value is -1.14. The Morgan fingerprint density at radius 3 is 1.80 bits per heavy atom. The molecule has 0 aromatic rings. The number of carbonyl (C=O) groups excluding carboxylic acids is 1. The van der Waals surface area contributed by atoms with Crippen LogP contribution in [0.15, 0.2) is 0 Å². The van der Waals surface area contributed by atoms with Gasteiger partial charge < -0.3 is 19.5 Å². The van der Waals surface area contributed by atoms with Crippen molar-refractivity contribution >= 4 is 11.9 Å². The zero-order valence-corrected chi connectivity index (χ0v) is 12.6. The first-order valence-electron chi connectivity index (χ1n) is 7.26. The summed E-state index contributed by atoms with van der Waals surface area (Å²) in [6.45, 7) is 7.29. The predicted octanol–water partition coefficient (Wildman–Crippen LogP) is 1.53. The Morgan fingerprint density at radius 1 is 0.900 bits per heavy atom. The molecule has 0 saturated carbocycles. The number of amides is 1. The van der Waals surface area contributed by atoms with Crippen LogP contribution in [0.4, 0.5) is 0 Å². The fourth-order valence-corrected chi connectivity index (χ4v) is 1.58. The summed E-state index contributed by atoms with van der Waals surface area (Å²) in [7, 11) is 0. The first kappa shape index (κ1) is 18.9. The largest absolute Gasteiger partial charge is 0.481 e. The number of ether oxygens (including phenoxy) is 2. The van der Waals surface area contributed by atoms with Crippen molar-refractivity contribution in [3.63, 3.8) is 0 Å². The van der Waals surface area contributed by atoms with Gasteiger partial charge in [-0.2, -0.15) is 0 Å². The SMILES string of the molecule is CCCOCCN(CCOCCC)C(=O)CCC(=O)O. The molecule has 0 aliphatic rings. The van der Waals surface area contributed by atoms with E-state index in [9.17, 15) is 9.59 Å². The van der Waals surface area contributed by atoms with E-state index in [4.69, 9.17) is 14.6 Å². The van der Waals surface area contributed by atoms with E-state index >= 15 is 0 Å². The molecule has 1 N–H and O–H groups in total. The smallest absolute Gasteiger partial charge is 0.303 e. The lowest BCUT2D eigenvalue weighted by Gasteiger charge is -2.22. The molecule has 0 bridgehead atoms. The van der Waals surface area contributed by atoms with Crippen molar-refractivity contribution in [1.29, 1.82) is 0 Å². The summed E-state index contributed by atoms with van der Waals surface area (Å²) in [5.41, 5.74) is 0. The maximum atomic E-state index is 11.9. The van der Waals surface area contributed by atoms with Crippen molar-refractivity contribution in [3.8, 4) is 0 Å². The summed E-state index contributed by atoms with van der Waals surface area (Å²) in [6, 6.07) is 0. The van der Waals surface area contributed by atoms with Gasteiger partial charge in [0.15, 0.2) is 0 Å². The third-order valence-corrected chi connectivity index (χ3v) is 2.61. The quantitative estimate of drug-likeness (QED) is 0.520. The minimum atomic E-state index is -0.956. The minimum Gasteiger partial charge on any atom is -0.481 e. The molecule has 118 valence electrons. The first-order chi connectivity index (χ1) is 9.61. The van der Waals surface area contributed by atoms with Crippen LogP contribution in [0, 0.1) is 0 Å². The van der Waals surface area contributed by atoms with Gasteiger partial charge in [0.2, 0.25) is 5.91 Å². The Balaban J connectivity index is 4.07. The van der Waals surface area contributed by atoms with Crippen LogP contribution in [-0.4, -0.2) is 61.4 Å². The van der Waals surface area contributed by atoms with E-state index in [2.05, 4.69) is 0 Å². The van der Waals surface area contributed by atoms with Gasteiger partial charge in [-0.05, 0) is 12.8 Å². The van der Waals surface area contributed by atoms with Gasteiger partial charge in [-0.3, -0.25) is 9.59 Å². The average Bonchev–Trinajstić information content (AvgIpc) is 2.43. The topological polar surface area (TPSA) is 76.1 Å². The lowest BCUT2D eigenvalue weighted by atomic mass is 10.2. The maximum absolute atomic E-state index is 11.9. The van der Waals surface area contributed by atoms with Gasteiger partial charge in [-0.25, -0.2) is 0 Å². The van der Waals surface area contributed by atoms with E-state index in [0.29, 0.717) is 39.5 Å². The van der Waals surface area contributed by atoms with Crippen molar-refractivity contribution in [2.24, 2.45) is 0 Å². The molecule has 6 nitrogen and oxygen atoms in total. The standard InChI is InChI=1S/C14H27NO5/c1-3-9-19-11-7-15(8-12-20-10-4-2)13(16)5-6-14(17)18/h3-12H2,1-2H3,(H,17,18). The fraction of sp³-hybridized carbons (Fsp3) is 0.857. The van der Waals surface area contributed by atoms with E-state index in [0.717, 1.165) is 12.8 Å². The van der Waals surface area contributed by atoms with E-state index in [1.165, 1.54) is 0 Å². The van der Waals surface area contributed by atoms with Crippen molar-refractivity contribution < 1.29 is 24.2 Å². The summed E-state index contributed by atoms with van der Waals surface area (Å²) in [5, 5.41) is 8.62. The normalized spacial score (nSPS) is 10.5. The lowest BCUT2D eigenvalue weighted by Crippen LogP contribution is -2.37. The molecule has 0 aliphatic carbocycles. The van der Waals surface area contributed by atoms with Gasteiger partial charge in [0.05, 0.1) is 19.6 Å². The van der Waals surface area contributed by atoms with E-state index in [1.54, 1.807) is 4.90 Å². The summed E-state index contributed by atoms with van der Waals surface area (Å²) in [4.78, 5) is 24.1. The van der Waals surface area contributed by atoms with E-state index in [-0.39, 0.29) is 18.7 Å². The Kier molecular flexibility index (Phi) is 12.1. The minimum absolute atomic E-state index is 0.0247. The molecule has 0 spiro atoms. The van der Waals surface area contributed by atoms with Gasteiger partial charge in [-0.15, -0.1) is 0 Å². The van der Waals surface area contributed by atoms with Crippen LogP contribution < -0.4 is 0 Å². The molecule has 0 saturated heterocycles. The second-order valence-corrected chi connectivity index (χ2v) is 4.50. The van der Waals surface area contributed by atoms with Gasteiger partial charge in [0.25, 0.3) is 0 Å². The molecule has 20 heavy (non-hydrogen) atoms. The van der Waals surface area contributed by atoms with Gasteiger partial charge in [0.1, 0.15) is 0 Å². The highest BCUT2D eigenvalue weighted by Gasteiger charge is 2.14. The van der Waals surface area contributed by atoms with E-state index < -0.39 is 5.97 Å². The number of hydrogen-bond donors (Lipinski definition) is 1. The third kappa shape index (κ3) is 10.8. The molecule has 0 heterocycles. The van der Waals surface area contributed by atoms with Crippen molar-refractivity contribution in [2.45, 2.75) is 39.5 Å². The first-order valence-corrected chi connectivity index (χ1v) is 7.26. The third-order valence-electron chi connectivity index (χ3n) is 2.61. The number of carboxylic acids is 1. The Labute approximate surface area is 121 Å². The monoisotopic (exact) mass is 289 g/mol.